The van der Waals surface area contributed by atoms with Gasteiger partial charge in [-0.15, -0.1) is 0 Å². The Balaban J connectivity index is 1.51. The Labute approximate surface area is 170 Å². The first-order valence-electron chi connectivity index (χ1n) is 8.25. The van der Waals surface area contributed by atoms with Gasteiger partial charge in [0.05, 0.1) is 0 Å². The molecule has 2 heterocycles. The summed E-state index contributed by atoms with van der Waals surface area (Å²) in [6, 6.07) is 15.4. The number of hydrogen-bond donors (Lipinski definition) is 0. The van der Waals surface area contributed by atoms with E-state index in [1.807, 2.05) is 12.1 Å². The van der Waals surface area contributed by atoms with Gasteiger partial charge in [-0.05, 0) is 48.0 Å². The largest absolute Gasteiger partial charge is 0.435 e. The summed E-state index contributed by atoms with van der Waals surface area (Å²) in [6.07, 6.45) is 4.52. The predicted octanol–water partition coefficient (Wildman–Crippen LogP) is 5.82. The van der Waals surface area contributed by atoms with E-state index in [1.54, 1.807) is 54.7 Å². The number of esters is 1. The van der Waals surface area contributed by atoms with Crippen molar-refractivity contribution in [3.63, 3.8) is 0 Å². The maximum Gasteiger partial charge on any atom is 0.336 e. The lowest BCUT2D eigenvalue weighted by atomic mass is 10.2. The van der Waals surface area contributed by atoms with Gasteiger partial charge in [-0.25, -0.2) is 9.78 Å². The van der Waals surface area contributed by atoms with Crippen molar-refractivity contribution in [2.45, 2.75) is 0 Å². The van der Waals surface area contributed by atoms with Gasteiger partial charge in [0.2, 0.25) is 5.89 Å². The fourth-order valence-corrected chi connectivity index (χ4v) is 2.98. The van der Waals surface area contributed by atoms with Gasteiger partial charge in [-0.3, -0.25) is 4.98 Å². The lowest BCUT2D eigenvalue weighted by molar-refractivity contribution is -0.128. The Hall–Kier alpha value is -3.15. The van der Waals surface area contributed by atoms with E-state index in [2.05, 4.69) is 9.97 Å². The van der Waals surface area contributed by atoms with Crippen molar-refractivity contribution in [1.82, 2.24) is 9.97 Å². The highest BCUT2D eigenvalue weighted by Crippen LogP contribution is 2.26. The van der Waals surface area contributed by atoms with Crippen LogP contribution < -0.4 is 4.74 Å². The van der Waals surface area contributed by atoms with Crippen molar-refractivity contribution < 1.29 is 13.9 Å². The Kier molecular flexibility index (Phi) is 5.10. The fraction of sp³-hybridized carbons (Fsp3) is 0. The number of nitrogens with zero attached hydrogens (tertiary/aromatic N) is 2. The number of aromatic nitrogens is 2. The van der Waals surface area contributed by atoms with E-state index in [1.165, 1.54) is 6.08 Å². The lowest BCUT2D eigenvalue weighted by Crippen LogP contribution is -2.03. The van der Waals surface area contributed by atoms with Crippen LogP contribution in [0.1, 0.15) is 5.56 Å². The monoisotopic (exact) mass is 410 g/mol. The van der Waals surface area contributed by atoms with Crippen molar-refractivity contribution in [3.8, 4) is 17.3 Å². The molecule has 2 aromatic heterocycles. The number of ether oxygens (including phenoxy) is 1. The van der Waals surface area contributed by atoms with E-state index in [0.717, 1.165) is 0 Å². The number of benzene rings is 2. The molecule has 2 aromatic carbocycles. The van der Waals surface area contributed by atoms with Crippen molar-refractivity contribution in [2.24, 2.45) is 0 Å². The summed E-state index contributed by atoms with van der Waals surface area (Å²) >= 11 is 11.9. The van der Waals surface area contributed by atoms with Crippen LogP contribution in [0.5, 0.6) is 5.75 Å². The summed E-state index contributed by atoms with van der Waals surface area (Å²) < 4.78 is 11.0. The number of hydrogen-bond acceptors (Lipinski definition) is 5. The topological polar surface area (TPSA) is 65.2 Å². The Bertz CT molecular complexity index is 1190. The lowest BCUT2D eigenvalue weighted by Gasteiger charge is -2.01. The van der Waals surface area contributed by atoms with E-state index in [4.69, 9.17) is 32.4 Å². The number of rotatable bonds is 4. The van der Waals surface area contributed by atoms with Gasteiger partial charge in [0.1, 0.15) is 17.0 Å². The minimum atomic E-state index is -0.546. The van der Waals surface area contributed by atoms with E-state index in [-0.39, 0.29) is 0 Å². The van der Waals surface area contributed by atoms with Crippen LogP contribution in [0.25, 0.3) is 28.8 Å². The summed E-state index contributed by atoms with van der Waals surface area (Å²) in [5.74, 6) is 0.194. The quantitative estimate of drug-likeness (QED) is 0.241. The molecule has 0 radical (unpaired) electrons. The van der Waals surface area contributed by atoms with Gasteiger partial charge in [-0.1, -0.05) is 35.3 Å². The maximum absolute atomic E-state index is 12.1. The summed E-state index contributed by atoms with van der Waals surface area (Å²) in [5, 5.41) is 0.969. The molecule has 7 heteroatoms. The molecule has 28 heavy (non-hydrogen) atoms. The third-order valence-electron chi connectivity index (χ3n) is 3.82. The zero-order valence-corrected chi connectivity index (χ0v) is 15.8. The number of pyridine rings is 1. The van der Waals surface area contributed by atoms with E-state index >= 15 is 0 Å². The average Bonchev–Trinajstić information content (AvgIpc) is 3.11. The number of carbonyl (C=O) groups is 1. The van der Waals surface area contributed by atoms with Gasteiger partial charge in [-0.2, -0.15) is 0 Å². The Morgan fingerprint density at radius 2 is 1.96 bits per heavy atom. The van der Waals surface area contributed by atoms with Crippen molar-refractivity contribution in [1.29, 1.82) is 0 Å². The second-order valence-electron chi connectivity index (χ2n) is 5.78. The molecule has 0 aliphatic rings. The molecule has 0 saturated heterocycles. The first kappa shape index (κ1) is 18.2. The molecule has 138 valence electrons. The predicted molar refractivity (Wildman–Crippen MR) is 108 cm³/mol. The van der Waals surface area contributed by atoms with Gasteiger partial charge in [0.25, 0.3) is 0 Å². The molecular weight excluding hydrogens is 399 g/mol. The minimum Gasteiger partial charge on any atom is -0.435 e. The molecule has 0 aliphatic carbocycles. The van der Waals surface area contributed by atoms with Gasteiger partial charge < -0.3 is 9.15 Å². The van der Waals surface area contributed by atoms with Gasteiger partial charge >= 0.3 is 5.97 Å². The smallest absolute Gasteiger partial charge is 0.336 e. The van der Waals surface area contributed by atoms with Crippen LogP contribution in [0.2, 0.25) is 10.0 Å². The zero-order chi connectivity index (χ0) is 19.5. The number of fused-ring (bicyclic) bond motifs is 1. The molecule has 0 saturated carbocycles. The average molecular weight is 411 g/mol. The Morgan fingerprint density at radius 1 is 1.07 bits per heavy atom. The molecule has 0 spiro atoms. The highest BCUT2D eigenvalue weighted by atomic mass is 35.5. The second kappa shape index (κ2) is 7.84. The summed E-state index contributed by atoms with van der Waals surface area (Å²) in [5.41, 5.74) is 2.42. The third kappa shape index (κ3) is 4.06. The van der Waals surface area contributed by atoms with Crippen LogP contribution in [0.3, 0.4) is 0 Å². The van der Waals surface area contributed by atoms with Crippen LogP contribution in [-0.4, -0.2) is 15.9 Å². The first-order valence-corrected chi connectivity index (χ1v) is 9.01. The molecule has 0 atom stereocenters. The summed E-state index contributed by atoms with van der Waals surface area (Å²) in [7, 11) is 0. The number of halogens is 2. The fourth-order valence-electron chi connectivity index (χ4n) is 2.51. The molecule has 0 unspecified atom stereocenters. The van der Waals surface area contributed by atoms with Crippen molar-refractivity contribution >= 4 is 46.3 Å². The zero-order valence-electron chi connectivity index (χ0n) is 14.3. The SMILES string of the molecule is O=C(/C=C/c1ccc(Cl)cc1Cl)Oc1ccc2nc(-c3ccccn3)oc2c1. The molecule has 5 nitrogen and oxygen atoms in total. The van der Waals surface area contributed by atoms with E-state index in [0.29, 0.717) is 44.0 Å². The first-order chi connectivity index (χ1) is 13.6. The molecule has 0 fully saturated rings. The molecule has 4 rings (SSSR count). The van der Waals surface area contributed by atoms with E-state index in [9.17, 15) is 4.79 Å². The van der Waals surface area contributed by atoms with Crippen LogP contribution >= 0.6 is 23.2 Å². The molecule has 0 aliphatic heterocycles. The highest BCUT2D eigenvalue weighted by Gasteiger charge is 2.11. The summed E-state index contributed by atoms with van der Waals surface area (Å²) in [6.45, 7) is 0. The standard InChI is InChI=1S/C21H12Cl2N2O3/c22-14-6-4-13(16(23)11-14)5-9-20(26)27-15-7-8-17-19(12-15)28-21(25-17)18-3-1-2-10-24-18/h1-12H/b9-5+. The molecule has 4 aromatic rings. The van der Waals surface area contributed by atoms with Crippen LogP contribution in [-0.2, 0) is 4.79 Å². The molecule has 0 amide bonds. The van der Waals surface area contributed by atoms with Crippen LogP contribution in [0.15, 0.2) is 71.3 Å². The summed E-state index contributed by atoms with van der Waals surface area (Å²) in [4.78, 5) is 20.7. The highest BCUT2D eigenvalue weighted by molar-refractivity contribution is 6.35. The van der Waals surface area contributed by atoms with E-state index < -0.39 is 5.97 Å². The minimum absolute atomic E-state index is 0.341. The molecular formula is C21H12Cl2N2O3. The number of oxazole rings is 1. The maximum atomic E-state index is 12.1. The Morgan fingerprint density at radius 3 is 2.75 bits per heavy atom. The van der Waals surface area contributed by atoms with Gasteiger partial charge in [0, 0.05) is 28.4 Å². The van der Waals surface area contributed by atoms with Crippen LogP contribution in [0, 0.1) is 0 Å². The van der Waals surface area contributed by atoms with Crippen LogP contribution in [0.4, 0.5) is 0 Å². The molecule has 0 bridgehead atoms. The molecule has 0 N–H and O–H groups in total. The van der Waals surface area contributed by atoms with Crippen molar-refractivity contribution in [2.75, 3.05) is 0 Å². The second-order valence-corrected chi connectivity index (χ2v) is 6.63. The number of carbonyl (C=O) groups excluding carboxylic acids is 1. The normalized spacial score (nSPS) is 11.2. The van der Waals surface area contributed by atoms with Gasteiger partial charge in [0.15, 0.2) is 5.58 Å². The third-order valence-corrected chi connectivity index (χ3v) is 4.39. The van der Waals surface area contributed by atoms with Crippen molar-refractivity contribution in [3.05, 3.63) is 82.5 Å².